The van der Waals surface area contributed by atoms with Gasteiger partial charge in [0.15, 0.2) is 0 Å². The van der Waals surface area contributed by atoms with Crippen molar-refractivity contribution in [3.63, 3.8) is 0 Å². The van der Waals surface area contributed by atoms with Gasteiger partial charge in [-0.3, -0.25) is 0 Å². The molecule has 1 aromatic heterocycles. The average molecular weight is 248 g/mol. The number of hydrogen-bond donors (Lipinski definition) is 1. The van der Waals surface area contributed by atoms with E-state index in [0.29, 0.717) is 12.5 Å². The van der Waals surface area contributed by atoms with Crippen LogP contribution < -0.4 is 10.5 Å². The van der Waals surface area contributed by atoms with Gasteiger partial charge in [-0.25, -0.2) is 4.98 Å². The van der Waals surface area contributed by atoms with Gasteiger partial charge < -0.3 is 10.5 Å². The Morgan fingerprint density at radius 1 is 1.41 bits per heavy atom. The predicted octanol–water partition coefficient (Wildman–Crippen LogP) is 3.11. The number of rotatable bonds is 4. The summed E-state index contributed by atoms with van der Waals surface area (Å²) in [4.78, 5) is 3.22. The molecule has 0 aliphatic carbocycles. The Morgan fingerprint density at radius 3 is 2.59 bits per heavy atom. The first-order valence-electron chi connectivity index (χ1n) is 5.26. The minimum absolute atomic E-state index is 0.0352. The number of hydrogen-bond acceptors (Lipinski definition) is 3. The zero-order valence-corrected chi connectivity index (χ0v) is 9.71. The van der Waals surface area contributed by atoms with Crippen LogP contribution in [0.1, 0.15) is 26.0 Å². The molecule has 0 amide bonds. The Labute approximate surface area is 97.8 Å². The highest BCUT2D eigenvalue weighted by molar-refractivity contribution is 5.51. The van der Waals surface area contributed by atoms with Crippen LogP contribution in [0.25, 0.3) is 0 Å². The van der Waals surface area contributed by atoms with E-state index >= 15 is 0 Å². The summed E-state index contributed by atoms with van der Waals surface area (Å²) in [7, 11) is 0. The summed E-state index contributed by atoms with van der Waals surface area (Å²) in [6, 6.07) is 0.829. The number of ether oxygens (including phenoxy) is 1. The van der Waals surface area contributed by atoms with Gasteiger partial charge in [0, 0.05) is 6.07 Å². The summed E-state index contributed by atoms with van der Waals surface area (Å²) in [6.45, 7) is 4.34. The number of nitrogens with zero attached hydrogens (tertiary/aromatic N) is 1. The molecule has 0 bridgehead atoms. The molecule has 0 saturated carbocycles. The predicted molar refractivity (Wildman–Crippen MR) is 58.6 cm³/mol. The minimum atomic E-state index is -4.48. The number of aromatic nitrogens is 1. The lowest BCUT2D eigenvalue weighted by Gasteiger charge is -2.12. The van der Waals surface area contributed by atoms with Crippen LogP contribution in [0.5, 0.6) is 5.75 Å². The molecule has 2 N–H and O–H groups in total. The maximum Gasteiger partial charge on any atom is 0.433 e. The molecular formula is C11H15F3N2O. The highest BCUT2D eigenvalue weighted by Crippen LogP contribution is 2.32. The molecule has 0 fully saturated rings. The van der Waals surface area contributed by atoms with Crippen molar-refractivity contribution in [3.8, 4) is 5.75 Å². The third-order valence-corrected chi connectivity index (χ3v) is 2.14. The first-order chi connectivity index (χ1) is 7.80. The summed E-state index contributed by atoms with van der Waals surface area (Å²) in [5.74, 6) is 0.452. The quantitative estimate of drug-likeness (QED) is 0.890. The summed E-state index contributed by atoms with van der Waals surface area (Å²) in [5, 5.41) is 0. The van der Waals surface area contributed by atoms with Crippen molar-refractivity contribution in [2.45, 2.75) is 26.4 Å². The van der Waals surface area contributed by atoms with E-state index in [1.807, 2.05) is 13.8 Å². The first-order valence-corrected chi connectivity index (χ1v) is 5.26. The zero-order valence-electron chi connectivity index (χ0n) is 9.71. The molecule has 6 heteroatoms. The fraction of sp³-hybridized carbons (Fsp3) is 0.545. The Kier molecular flexibility index (Phi) is 4.20. The second kappa shape index (κ2) is 5.25. The topological polar surface area (TPSA) is 48.1 Å². The zero-order chi connectivity index (χ0) is 13.1. The van der Waals surface area contributed by atoms with Gasteiger partial charge in [0.2, 0.25) is 0 Å². The molecule has 1 heterocycles. The number of alkyl halides is 3. The normalized spacial score (nSPS) is 11.9. The Balaban J connectivity index is 2.77. The number of anilines is 1. The fourth-order valence-electron chi connectivity index (χ4n) is 1.13. The van der Waals surface area contributed by atoms with Crippen LogP contribution in [0.15, 0.2) is 12.3 Å². The van der Waals surface area contributed by atoms with E-state index in [4.69, 9.17) is 10.5 Å². The van der Waals surface area contributed by atoms with E-state index in [0.717, 1.165) is 18.7 Å². The van der Waals surface area contributed by atoms with Gasteiger partial charge in [0.05, 0.1) is 18.5 Å². The van der Waals surface area contributed by atoms with Crippen LogP contribution in [-0.2, 0) is 6.18 Å². The van der Waals surface area contributed by atoms with Crippen LogP contribution in [0.2, 0.25) is 0 Å². The van der Waals surface area contributed by atoms with Crippen LogP contribution in [0, 0.1) is 5.92 Å². The lowest BCUT2D eigenvalue weighted by Crippen LogP contribution is -2.10. The molecule has 0 aliphatic rings. The first kappa shape index (κ1) is 13.6. The molecular weight excluding hydrogens is 233 g/mol. The van der Waals surface area contributed by atoms with E-state index < -0.39 is 11.9 Å². The van der Waals surface area contributed by atoms with E-state index in [1.54, 1.807) is 0 Å². The Morgan fingerprint density at radius 2 is 2.06 bits per heavy atom. The third kappa shape index (κ3) is 4.13. The molecule has 0 atom stereocenters. The molecule has 17 heavy (non-hydrogen) atoms. The van der Waals surface area contributed by atoms with Gasteiger partial charge in [-0.2, -0.15) is 13.2 Å². The molecule has 1 rings (SSSR count). The van der Waals surface area contributed by atoms with Crippen LogP contribution >= 0.6 is 0 Å². The minimum Gasteiger partial charge on any atom is -0.491 e. The van der Waals surface area contributed by atoms with Gasteiger partial charge in [0.1, 0.15) is 11.4 Å². The monoisotopic (exact) mass is 248 g/mol. The van der Waals surface area contributed by atoms with Crippen molar-refractivity contribution in [1.29, 1.82) is 0 Å². The van der Waals surface area contributed by atoms with E-state index in [1.165, 1.54) is 0 Å². The Bertz CT molecular complexity index is 377. The van der Waals surface area contributed by atoms with Crippen LogP contribution in [0.4, 0.5) is 18.9 Å². The largest absolute Gasteiger partial charge is 0.491 e. The van der Waals surface area contributed by atoms with Crippen molar-refractivity contribution >= 4 is 5.69 Å². The van der Waals surface area contributed by atoms with Crippen molar-refractivity contribution in [1.82, 2.24) is 4.98 Å². The molecule has 0 spiro atoms. The summed E-state index contributed by atoms with van der Waals surface area (Å²) in [5.41, 5.74) is 4.61. The maximum absolute atomic E-state index is 12.4. The maximum atomic E-state index is 12.4. The van der Waals surface area contributed by atoms with Crippen LogP contribution in [-0.4, -0.2) is 11.6 Å². The van der Waals surface area contributed by atoms with Gasteiger partial charge in [0.25, 0.3) is 0 Å². The van der Waals surface area contributed by atoms with Gasteiger partial charge in [-0.05, 0) is 12.3 Å². The lowest BCUT2D eigenvalue weighted by atomic mass is 10.1. The molecule has 0 aromatic carbocycles. The molecule has 0 aliphatic heterocycles. The van der Waals surface area contributed by atoms with Crippen molar-refractivity contribution in [2.75, 3.05) is 12.3 Å². The SMILES string of the molecule is CC(C)CCOc1cc(C(F)(F)F)ncc1N. The van der Waals surface area contributed by atoms with Crippen molar-refractivity contribution < 1.29 is 17.9 Å². The Hall–Kier alpha value is -1.46. The average Bonchev–Trinajstić information content (AvgIpc) is 2.18. The molecule has 96 valence electrons. The smallest absolute Gasteiger partial charge is 0.433 e. The standard InChI is InChI=1S/C11H15F3N2O/c1-7(2)3-4-17-9-5-10(11(12,13)14)16-6-8(9)15/h5-7H,3-4,15H2,1-2H3. The molecule has 0 saturated heterocycles. The van der Waals surface area contributed by atoms with Gasteiger partial charge in [-0.15, -0.1) is 0 Å². The summed E-state index contributed by atoms with van der Waals surface area (Å²) < 4.78 is 42.4. The van der Waals surface area contributed by atoms with E-state index in [9.17, 15) is 13.2 Å². The molecule has 0 unspecified atom stereocenters. The molecule has 0 radical (unpaired) electrons. The lowest BCUT2D eigenvalue weighted by molar-refractivity contribution is -0.141. The number of halogens is 3. The summed E-state index contributed by atoms with van der Waals surface area (Å²) in [6.07, 6.45) is -2.76. The van der Waals surface area contributed by atoms with Crippen LogP contribution in [0.3, 0.4) is 0 Å². The number of nitrogens with two attached hydrogens (primary N) is 1. The fourth-order valence-corrected chi connectivity index (χ4v) is 1.13. The van der Waals surface area contributed by atoms with E-state index in [-0.39, 0.29) is 11.4 Å². The third-order valence-electron chi connectivity index (χ3n) is 2.14. The van der Waals surface area contributed by atoms with Gasteiger partial charge in [-0.1, -0.05) is 13.8 Å². The molecule has 3 nitrogen and oxygen atoms in total. The second-order valence-corrected chi connectivity index (χ2v) is 4.14. The number of pyridine rings is 1. The summed E-state index contributed by atoms with van der Waals surface area (Å²) >= 11 is 0. The highest BCUT2D eigenvalue weighted by Gasteiger charge is 2.33. The second-order valence-electron chi connectivity index (χ2n) is 4.14. The highest BCUT2D eigenvalue weighted by atomic mass is 19.4. The van der Waals surface area contributed by atoms with Gasteiger partial charge >= 0.3 is 6.18 Å². The van der Waals surface area contributed by atoms with Crippen molar-refractivity contribution in [3.05, 3.63) is 18.0 Å². The van der Waals surface area contributed by atoms with Crippen molar-refractivity contribution in [2.24, 2.45) is 5.92 Å². The molecule has 1 aromatic rings. The number of nitrogen functional groups attached to an aromatic ring is 1. The van der Waals surface area contributed by atoms with E-state index in [2.05, 4.69) is 4.98 Å².